The van der Waals surface area contributed by atoms with E-state index in [4.69, 9.17) is 21.1 Å². The van der Waals surface area contributed by atoms with Crippen molar-refractivity contribution in [2.45, 2.75) is 39.2 Å². The van der Waals surface area contributed by atoms with Gasteiger partial charge in [-0.1, -0.05) is 43.6 Å². The number of carbonyl (C=O) groups is 1. The summed E-state index contributed by atoms with van der Waals surface area (Å²) in [7, 11) is 0. The van der Waals surface area contributed by atoms with Crippen LogP contribution in [0.3, 0.4) is 0 Å². The average Bonchev–Trinajstić information content (AvgIpc) is 2.62. The van der Waals surface area contributed by atoms with Crippen LogP contribution in [0.5, 0.6) is 11.5 Å². The molecule has 0 radical (unpaired) electrons. The fraction of sp³-hybridized carbons (Fsp3) is 0.381. The van der Waals surface area contributed by atoms with Crippen molar-refractivity contribution in [2.75, 3.05) is 13.2 Å². The molecule has 0 fully saturated rings. The maximum Gasteiger partial charge on any atom is 0.258 e. The molecule has 0 spiro atoms. The topological polar surface area (TPSA) is 47.6 Å². The number of halogens is 1. The fourth-order valence-corrected chi connectivity index (χ4v) is 3.29. The second-order valence-corrected chi connectivity index (χ2v) is 7.28. The average molecular weight is 374 g/mol. The molecule has 4 nitrogen and oxygen atoms in total. The SMILES string of the molecule is Cc1cc(OCC(=O)N[C@@H]2CCOc3ccccc32)c(C(C)C)cc1Cl. The summed E-state index contributed by atoms with van der Waals surface area (Å²) in [6.07, 6.45) is 0.750. The minimum atomic E-state index is -0.144. The lowest BCUT2D eigenvalue weighted by Gasteiger charge is -2.26. The maximum absolute atomic E-state index is 12.4. The molecule has 0 bridgehead atoms. The Morgan fingerprint density at radius 2 is 2.12 bits per heavy atom. The standard InChI is InChI=1S/C21H24ClNO3/c1-13(2)16-11-17(22)14(3)10-20(16)26-12-21(24)23-18-8-9-25-19-7-5-4-6-15(18)19/h4-7,10-11,13,18H,8-9,12H2,1-3H3,(H,23,24)/t18-/m1/s1. The largest absolute Gasteiger partial charge is 0.493 e. The third kappa shape index (κ3) is 4.13. The lowest BCUT2D eigenvalue weighted by molar-refractivity contribution is -0.124. The van der Waals surface area contributed by atoms with Gasteiger partial charge in [-0.2, -0.15) is 0 Å². The number of hydrogen-bond acceptors (Lipinski definition) is 3. The number of amides is 1. The van der Waals surface area contributed by atoms with Gasteiger partial charge in [-0.3, -0.25) is 4.79 Å². The van der Waals surface area contributed by atoms with E-state index in [-0.39, 0.29) is 24.5 Å². The number of rotatable bonds is 5. The number of benzene rings is 2. The van der Waals surface area contributed by atoms with Crippen LogP contribution in [0, 0.1) is 6.92 Å². The monoisotopic (exact) mass is 373 g/mol. The molecule has 26 heavy (non-hydrogen) atoms. The predicted molar refractivity (Wildman–Crippen MR) is 103 cm³/mol. The quantitative estimate of drug-likeness (QED) is 0.819. The Morgan fingerprint density at radius 1 is 1.35 bits per heavy atom. The molecule has 1 atom stereocenters. The van der Waals surface area contributed by atoms with Gasteiger partial charge in [0.05, 0.1) is 12.6 Å². The van der Waals surface area contributed by atoms with Crippen LogP contribution in [0.2, 0.25) is 5.02 Å². The van der Waals surface area contributed by atoms with Gasteiger partial charge in [0.15, 0.2) is 6.61 Å². The van der Waals surface area contributed by atoms with Crippen molar-refractivity contribution in [1.29, 1.82) is 0 Å². The predicted octanol–water partition coefficient (Wildman–Crippen LogP) is 4.79. The van der Waals surface area contributed by atoms with Gasteiger partial charge in [-0.05, 0) is 42.2 Å². The zero-order chi connectivity index (χ0) is 18.7. The van der Waals surface area contributed by atoms with E-state index in [1.165, 1.54) is 0 Å². The van der Waals surface area contributed by atoms with Crippen molar-refractivity contribution in [3.05, 3.63) is 58.1 Å². The molecule has 2 aromatic carbocycles. The first-order valence-electron chi connectivity index (χ1n) is 8.89. The van der Waals surface area contributed by atoms with Crippen LogP contribution in [0.15, 0.2) is 36.4 Å². The smallest absolute Gasteiger partial charge is 0.258 e. The molecule has 1 aliphatic rings. The van der Waals surface area contributed by atoms with E-state index < -0.39 is 0 Å². The molecule has 0 saturated carbocycles. The number of carbonyl (C=O) groups excluding carboxylic acids is 1. The van der Waals surface area contributed by atoms with Gasteiger partial charge in [0.1, 0.15) is 11.5 Å². The van der Waals surface area contributed by atoms with Gasteiger partial charge < -0.3 is 14.8 Å². The molecule has 1 amide bonds. The Morgan fingerprint density at radius 3 is 2.88 bits per heavy atom. The second kappa shape index (κ2) is 8.00. The summed E-state index contributed by atoms with van der Waals surface area (Å²) >= 11 is 6.22. The van der Waals surface area contributed by atoms with Crippen molar-refractivity contribution >= 4 is 17.5 Å². The Balaban J connectivity index is 1.66. The van der Waals surface area contributed by atoms with Crippen molar-refractivity contribution in [1.82, 2.24) is 5.32 Å². The maximum atomic E-state index is 12.4. The Kier molecular flexibility index (Phi) is 5.72. The minimum Gasteiger partial charge on any atom is -0.493 e. The van der Waals surface area contributed by atoms with Crippen molar-refractivity contribution in [3.8, 4) is 11.5 Å². The molecular weight excluding hydrogens is 350 g/mol. The van der Waals surface area contributed by atoms with Crippen LogP contribution in [-0.2, 0) is 4.79 Å². The molecule has 138 valence electrons. The van der Waals surface area contributed by atoms with Crippen molar-refractivity contribution in [2.24, 2.45) is 0 Å². The molecule has 1 N–H and O–H groups in total. The first kappa shape index (κ1) is 18.6. The lowest BCUT2D eigenvalue weighted by atomic mass is 10.0. The summed E-state index contributed by atoms with van der Waals surface area (Å²) in [5.74, 6) is 1.66. The highest BCUT2D eigenvalue weighted by molar-refractivity contribution is 6.31. The molecule has 0 unspecified atom stereocenters. The Labute approximate surface area is 159 Å². The van der Waals surface area contributed by atoms with Gasteiger partial charge in [0.25, 0.3) is 5.91 Å². The molecule has 0 saturated heterocycles. The molecule has 2 aromatic rings. The summed E-state index contributed by atoms with van der Waals surface area (Å²) in [6.45, 7) is 6.65. The molecule has 1 aliphatic heterocycles. The third-order valence-corrected chi connectivity index (χ3v) is 4.97. The second-order valence-electron chi connectivity index (χ2n) is 6.88. The molecule has 0 aromatic heterocycles. The van der Waals surface area contributed by atoms with E-state index in [0.717, 1.165) is 28.9 Å². The first-order valence-corrected chi connectivity index (χ1v) is 9.27. The number of hydrogen-bond donors (Lipinski definition) is 1. The van der Waals surface area contributed by atoms with Crippen LogP contribution in [-0.4, -0.2) is 19.1 Å². The summed E-state index contributed by atoms with van der Waals surface area (Å²) in [5.41, 5.74) is 2.95. The first-order chi connectivity index (χ1) is 12.5. The van der Waals surface area contributed by atoms with E-state index in [2.05, 4.69) is 19.2 Å². The van der Waals surface area contributed by atoms with Crippen LogP contribution >= 0.6 is 11.6 Å². The number of fused-ring (bicyclic) bond motifs is 1. The van der Waals surface area contributed by atoms with E-state index in [1.807, 2.05) is 43.3 Å². The number of aryl methyl sites for hydroxylation is 1. The van der Waals surface area contributed by atoms with Crippen LogP contribution < -0.4 is 14.8 Å². The molecule has 0 aliphatic carbocycles. The highest BCUT2D eigenvalue weighted by Crippen LogP contribution is 2.33. The number of nitrogens with one attached hydrogen (secondary N) is 1. The highest BCUT2D eigenvalue weighted by atomic mass is 35.5. The summed E-state index contributed by atoms with van der Waals surface area (Å²) < 4.78 is 11.5. The fourth-order valence-electron chi connectivity index (χ4n) is 3.12. The lowest BCUT2D eigenvalue weighted by Crippen LogP contribution is -2.35. The zero-order valence-electron chi connectivity index (χ0n) is 15.3. The molecule has 1 heterocycles. The van der Waals surface area contributed by atoms with Gasteiger partial charge in [-0.15, -0.1) is 0 Å². The third-order valence-electron chi connectivity index (χ3n) is 4.57. The van der Waals surface area contributed by atoms with Crippen molar-refractivity contribution in [3.63, 3.8) is 0 Å². The van der Waals surface area contributed by atoms with Gasteiger partial charge in [-0.25, -0.2) is 0 Å². The van der Waals surface area contributed by atoms with Crippen molar-refractivity contribution < 1.29 is 14.3 Å². The number of ether oxygens (including phenoxy) is 2. The van der Waals surface area contributed by atoms with Crippen LogP contribution in [0.4, 0.5) is 0 Å². The summed E-state index contributed by atoms with van der Waals surface area (Å²) in [5, 5.41) is 3.76. The minimum absolute atomic E-state index is 0.0275. The van der Waals surface area contributed by atoms with E-state index in [1.54, 1.807) is 0 Å². The van der Waals surface area contributed by atoms with Crippen LogP contribution in [0.25, 0.3) is 0 Å². The summed E-state index contributed by atoms with van der Waals surface area (Å²) in [6, 6.07) is 11.6. The van der Waals surface area contributed by atoms with Gasteiger partial charge in [0.2, 0.25) is 0 Å². The molecule has 3 rings (SSSR count). The van der Waals surface area contributed by atoms with Gasteiger partial charge in [0, 0.05) is 17.0 Å². The van der Waals surface area contributed by atoms with E-state index in [9.17, 15) is 4.79 Å². The van der Waals surface area contributed by atoms with E-state index in [0.29, 0.717) is 17.4 Å². The normalized spacial score (nSPS) is 16.0. The van der Waals surface area contributed by atoms with Gasteiger partial charge >= 0.3 is 0 Å². The Hall–Kier alpha value is -2.20. The zero-order valence-corrected chi connectivity index (χ0v) is 16.1. The number of para-hydroxylation sites is 1. The van der Waals surface area contributed by atoms with E-state index >= 15 is 0 Å². The summed E-state index contributed by atoms with van der Waals surface area (Å²) in [4.78, 5) is 12.4. The highest BCUT2D eigenvalue weighted by Gasteiger charge is 2.23. The molecular formula is C21H24ClNO3. The molecule has 5 heteroatoms. The van der Waals surface area contributed by atoms with Crippen LogP contribution in [0.1, 0.15) is 48.9 Å². The Bertz CT molecular complexity index is 804.